The zero-order valence-electron chi connectivity index (χ0n) is 12.4. The number of unbranched alkanes of at least 4 members (excludes halogenated alkanes) is 3. The van der Waals surface area contributed by atoms with Crippen LogP contribution in [0.15, 0.2) is 0 Å². The van der Waals surface area contributed by atoms with E-state index in [9.17, 15) is 0 Å². The first-order valence-corrected chi connectivity index (χ1v) is 7.80. The van der Waals surface area contributed by atoms with Crippen LogP contribution in [-0.4, -0.2) is 51.3 Å². The van der Waals surface area contributed by atoms with Crippen molar-refractivity contribution in [3.8, 4) is 0 Å². The highest BCUT2D eigenvalue weighted by atomic mass is 16.5. The van der Waals surface area contributed by atoms with Crippen molar-refractivity contribution in [1.29, 1.82) is 0 Å². The Kier molecular flexibility index (Phi) is 9.54. The molecule has 1 saturated carbocycles. The summed E-state index contributed by atoms with van der Waals surface area (Å²) in [7, 11) is 2.18. The second kappa shape index (κ2) is 10.8. The molecule has 18 heavy (non-hydrogen) atoms. The van der Waals surface area contributed by atoms with Gasteiger partial charge >= 0.3 is 0 Å². The number of nitrogens with one attached hydrogen (secondary N) is 1. The molecule has 0 aromatic rings. The third kappa shape index (κ3) is 9.86. The molecule has 0 bridgehead atoms. The molecular formula is C15H32N2O. The van der Waals surface area contributed by atoms with E-state index >= 15 is 0 Å². The topological polar surface area (TPSA) is 24.5 Å². The Bertz CT molecular complexity index is 183. The van der Waals surface area contributed by atoms with E-state index in [0.717, 1.165) is 38.8 Å². The Hall–Kier alpha value is -0.120. The molecule has 1 fully saturated rings. The van der Waals surface area contributed by atoms with Crippen molar-refractivity contribution in [2.45, 2.75) is 45.4 Å². The van der Waals surface area contributed by atoms with Crippen LogP contribution in [0.25, 0.3) is 0 Å². The van der Waals surface area contributed by atoms with Crippen molar-refractivity contribution in [3.63, 3.8) is 0 Å². The zero-order valence-corrected chi connectivity index (χ0v) is 12.4. The van der Waals surface area contributed by atoms with Crippen LogP contribution in [-0.2, 0) is 4.74 Å². The van der Waals surface area contributed by atoms with E-state index in [1.807, 2.05) is 0 Å². The second-order valence-electron chi connectivity index (χ2n) is 5.63. The van der Waals surface area contributed by atoms with Crippen LogP contribution < -0.4 is 5.32 Å². The lowest BCUT2D eigenvalue weighted by molar-refractivity contribution is 0.104. The van der Waals surface area contributed by atoms with Gasteiger partial charge in [-0.25, -0.2) is 0 Å². The van der Waals surface area contributed by atoms with Gasteiger partial charge in [0.25, 0.3) is 0 Å². The molecule has 0 atom stereocenters. The standard InChI is InChI=1S/C15H32N2O/c1-3-4-5-6-9-16-10-11-17(2)12-13-18-14-15-7-8-15/h15-16H,3-14H2,1-2H3. The molecule has 1 N–H and O–H groups in total. The SMILES string of the molecule is CCCCCCNCCN(C)CCOCC1CC1. The van der Waals surface area contributed by atoms with E-state index in [2.05, 4.69) is 24.2 Å². The Balaban J connectivity index is 1.73. The predicted molar refractivity (Wildman–Crippen MR) is 78.1 cm³/mol. The Morgan fingerprint density at radius 1 is 1.11 bits per heavy atom. The minimum absolute atomic E-state index is 0.889. The highest BCUT2D eigenvalue weighted by Crippen LogP contribution is 2.28. The summed E-state index contributed by atoms with van der Waals surface area (Å²) in [5.74, 6) is 0.889. The highest BCUT2D eigenvalue weighted by Gasteiger charge is 2.20. The van der Waals surface area contributed by atoms with Crippen LogP contribution >= 0.6 is 0 Å². The molecule has 108 valence electrons. The molecule has 0 radical (unpaired) electrons. The first-order valence-electron chi connectivity index (χ1n) is 7.80. The van der Waals surface area contributed by atoms with Crippen molar-refractivity contribution >= 4 is 0 Å². The van der Waals surface area contributed by atoms with E-state index in [1.54, 1.807) is 0 Å². The fraction of sp³-hybridized carbons (Fsp3) is 1.00. The molecule has 0 heterocycles. The van der Waals surface area contributed by atoms with E-state index in [-0.39, 0.29) is 0 Å². The first-order chi connectivity index (χ1) is 8.83. The lowest BCUT2D eigenvalue weighted by atomic mass is 10.2. The molecule has 0 unspecified atom stereocenters. The average Bonchev–Trinajstić information content (AvgIpc) is 3.18. The number of hydrogen-bond donors (Lipinski definition) is 1. The number of rotatable bonds is 13. The number of nitrogens with zero attached hydrogens (tertiary/aromatic N) is 1. The van der Waals surface area contributed by atoms with Gasteiger partial charge in [0.2, 0.25) is 0 Å². The number of hydrogen-bond acceptors (Lipinski definition) is 3. The molecule has 1 rings (SSSR count). The summed E-state index contributed by atoms with van der Waals surface area (Å²) in [6.07, 6.45) is 8.16. The lowest BCUT2D eigenvalue weighted by Gasteiger charge is -2.16. The summed E-state index contributed by atoms with van der Waals surface area (Å²) in [5, 5.41) is 3.51. The Labute approximate surface area is 113 Å². The van der Waals surface area contributed by atoms with Gasteiger partial charge in [0.1, 0.15) is 0 Å². The van der Waals surface area contributed by atoms with Gasteiger partial charge in [-0.1, -0.05) is 26.2 Å². The van der Waals surface area contributed by atoms with Crippen LogP contribution in [0.3, 0.4) is 0 Å². The van der Waals surface area contributed by atoms with Crippen molar-refractivity contribution in [2.24, 2.45) is 5.92 Å². The average molecular weight is 256 g/mol. The normalized spacial score (nSPS) is 15.5. The third-order valence-electron chi connectivity index (χ3n) is 3.55. The fourth-order valence-electron chi connectivity index (χ4n) is 1.94. The van der Waals surface area contributed by atoms with E-state index in [0.29, 0.717) is 0 Å². The van der Waals surface area contributed by atoms with Crippen molar-refractivity contribution in [3.05, 3.63) is 0 Å². The smallest absolute Gasteiger partial charge is 0.0593 e. The maximum Gasteiger partial charge on any atom is 0.0593 e. The predicted octanol–water partition coefficient (Wildman–Crippen LogP) is 2.51. The minimum Gasteiger partial charge on any atom is -0.380 e. The molecular weight excluding hydrogens is 224 g/mol. The monoisotopic (exact) mass is 256 g/mol. The third-order valence-corrected chi connectivity index (χ3v) is 3.55. The Morgan fingerprint density at radius 3 is 2.67 bits per heavy atom. The molecule has 3 heteroatoms. The summed E-state index contributed by atoms with van der Waals surface area (Å²) in [6, 6.07) is 0. The van der Waals surface area contributed by atoms with E-state index in [1.165, 1.54) is 45.1 Å². The molecule has 0 aromatic heterocycles. The molecule has 1 aliphatic carbocycles. The summed E-state index contributed by atoms with van der Waals surface area (Å²) in [5.41, 5.74) is 0. The quantitative estimate of drug-likeness (QED) is 0.513. The van der Waals surface area contributed by atoms with Crippen LogP contribution in [0.5, 0.6) is 0 Å². The maximum absolute atomic E-state index is 5.64. The molecule has 0 spiro atoms. The van der Waals surface area contributed by atoms with Crippen molar-refractivity contribution in [1.82, 2.24) is 10.2 Å². The van der Waals surface area contributed by atoms with Gasteiger partial charge in [-0.3, -0.25) is 0 Å². The molecule has 1 aliphatic rings. The van der Waals surface area contributed by atoms with Crippen molar-refractivity contribution in [2.75, 3.05) is 46.4 Å². The molecule has 3 nitrogen and oxygen atoms in total. The van der Waals surface area contributed by atoms with Gasteiger partial charge in [-0.15, -0.1) is 0 Å². The molecule has 0 aliphatic heterocycles. The lowest BCUT2D eigenvalue weighted by Crippen LogP contribution is -2.32. The van der Waals surface area contributed by atoms with Crippen LogP contribution in [0, 0.1) is 5.92 Å². The fourth-order valence-corrected chi connectivity index (χ4v) is 1.94. The second-order valence-corrected chi connectivity index (χ2v) is 5.63. The van der Waals surface area contributed by atoms with Gasteiger partial charge in [0.05, 0.1) is 6.61 Å². The Morgan fingerprint density at radius 2 is 1.94 bits per heavy atom. The van der Waals surface area contributed by atoms with E-state index in [4.69, 9.17) is 4.74 Å². The van der Waals surface area contributed by atoms with Gasteiger partial charge in [-0.05, 0) is 38.8 Å². The molecule has 0 saturated heterocycles. The highest BCUT2D eigenvalue weighted by molar-refractivity contribution is 4.72. The summed E-state index contributed by atoms with van der Waals surface area (Å²) < 4.78 is 5.64. The number of ether oxygens (including phenoxy) is 1. The number of likely N-dealkylation sites (N-methyl/N-ethyl adjacent to an activating group) is 1. The van der Waals surface area contributed by atoms with Crippen LogP contribution in [0.4, 0.5) is 0 Å². The molecule has 0 aromatic carbocycles. The minimum atomic E-state index is 0.889. The maximum atomic E-state index is 5.64. The van der Waals surface area contributed by atoms with Gasteiger partial charge in [-0.2, -0.15) is 0 Å². The molecule has 0 amide bonds. The van der Waals surface area contributed by atoms with Crippen LogP contribution in [0.2, 0.25) is 0 Å². The van der Waals surface area contributed by atoms with Gasteiger partial charge in [0, 0.05) is 26.2 Å². The zero-order chi connectivity index (χ0) is 13.1. The summed E-state index contributed by atoms with van der Waals surface area (Å²) in [6.45, 7) is 8.60. The van der Waals surface area contributed by atoms with E-state index < -0.39 is 0 Å². The van der Waals surface area contributed by atoms with Crippen molar-refractivity contribution < 1.29 is 4.74 Å². The van der Waals surface area contributed by atoms with Gasteiger partial charge < -0.3 is 15.0 Å². The summed E-state index contributed by atoms with van der Waals surface area (Å²) in [4.78, 5) is 2.35. The van der Waals surface area contributed by atoms with Gasteiger partial charge in [0.15, 0.2) is 0 Å². The summed E-state index contributed by atoms with van der Waals surface area (Å²) >= 11 is 0. The largest absolute Gasteiger partial charge is 0.380 e. The first kappa shape index (κ1) is 15.9. The van der Waals surface area contributed by atoms with Crippen LogP contribution in [0.1, 0.15) is 45.4 Å².